The molecule has 0 heterocycles. The number of carboxylic acid groups (broad SMARTS) is 1. The topological polar surface area (TPSA) is 107 Å². The van der Waals surface area contributed by atoms with Crippen LogP contribution in [0.1, 0.15) is 12.0 Å². The van der Waals surface area contributed by atoms with Gasteiger partial charge in [0.15, 0.2) is 0 Å². The number of benzene rings is 1. The normalized spacial score (nSPS) is 11.3. The van der Waals surface area contributed by atoms with Crippen molar-refractivity contribution >= 4 is 22.7 Å². The monoisotopic (exact) mass is 294 g/mol. The molecule has 0 aliphatic rings. The molecule has 0 saturated carbocycles. The molecule has 1 aromatic rings. The maximum Gasteiger partial charge on any atom is 0.307 e. The Bertz CT molecular complexity index is 548. The van der Waals surface area contributed by atoms with Crippen molar-refractivity contribution in [3.8, 4) is 6.07 Å². The van der Waals surface area contributed by atoms with Crippen LogP contribution in [0.4, 0.5) is 0 Å². The molecule has 0 spiro atoms. The fraction of sp³-hybridized carbons (Fsp3) is 0.308. The van der Waals surface area contributed by atoms with Crippen molar-refractivity contribution in [3.05, 3.63) is 29.8 Å². The third-order valence-electron chi connectivity index (χ3n) is 2.36. The van der Waals surface area contributed by atoms with Crippen molar-refractivity contribution in [2.24, 2.45) is 0 Å². The zero-order valence-corrected chi connectivity index (χ0v) is 11.5. The minimum absolute atomic E-state index is 0.0957. The van der Waals surface area contributed by atoms with Crippen molar-refractivity contribution in [1.29, 1.82) is 5.26 Å². The van der Waals surface area contributed by atoms with E-state index < -0.39 is 16.8 Å². The molecule has 1 unspecified atom stereocenters. The number of carbonyl (C=O) groups excluding carboxylic acids is 1. The second-order valence-electron chi connectivity index (χ2n) is 3.96. The fourth-order valence-electron chi connectivity index (χ4n) is 1.44. The summed E-state index contributed by atoms with van der Waals surface area (Å²) in [7, 11) is -1.48. The van der Waals surface area contributed by atoms with Crippen molar-refractivity contribution in [2.45, 2.75) is 17.7 Å². The maximum absolute atomic E-state index is 11.9. The number of hydrogen-bond donors (Lipinski definition) is 2. The fourth-order valence-corrected chi connectivity index (χ4v) is 2.39. The summed E-state index contributed by atoms with van der Waals surface area (Å²) >= 11 is 0. The van der Waals surface area contributed by atoms with E-state index in [4.69, 9.17) is 10.4 Å². The van der Waals surface area contributed by atoms with Crippen LogP contribution in [0.25, 0.3) is 0 Å². The first-order chi connectivity index (χ1) is 9.52. The van der Waals surface area contributed by atoms with E-state index in [0.717, 1.165) is 0 Å². The molecule has 1 aromatic carbocycles. The van der Waals surface area contributed by atoms with Crippen molar-refractivity contribution in [2.75, 3.05) is 12.3 Å². The van der Waals surface area contributed by atoms with Crippen LogP contribution in [0.15, 0.2) is 29.2 Å². The standard InChI is InChI=1S/C13H14N2O4S/c14-6-1-7-15-12(16)9-20(19)11-4-2-10(3-5-11)8-13(17)18/h2-5H,1,7-9H2,(H,15,16)(H,17,18). The summed E-state index contributed by atoms with van der Waals surface area (Å²) in [5.41, 5.74) is 0.608. The summed E-state index contributed by atoms with van der Waals surface area (Å²) < 4.78 is 11.9. The van der Waals surface area contributed by atoms with Crippen LogP contribution in [0, 0.1) is 11.3 Å². The smallest absolute Gasteiger partial charge is 0.307 e. The van der Waals surface area contributed by atoms with Gasteiger partial charge in [-0.1, -0.05) is 12.1 Å². The number of rotatable bonds is 7. The van der Waals surface area contributed by atoms with E-state index in [1.165, 1.54) is 0 Å². The van der Waals surface area contributed by atoms with E-state index in [0.29, 0.717) is 10.5 Å². The van der Waals surface area contributed by atoms with Gasteiger partial charge >= 0.3 is 5.97 Å². The van der Waals surface area contributed by atoms with Gasteiger partial charge in [0.2, 0.25) is 5.91 Å². The zero-order chi connectivity index (χ0) is 15.0. The molecule has 0 bridgehead atoms. The summed E-state index contributed by atoms with van der Waals surface area (Å²) in [6, 6.07) is 8.15. The quantitative estimate of drug-likeness (QED) is 0.710. The minimum atomic E-state index is -1.48. The first-order valence-electron chi connectivity index (χ1n) is 5.85. The highest BCUT2D eigenvalue weighted by Crippen LogP contribution is 2.09. The van der Waals surface area contributed by atoms with Gasteiger partial charge in [0.1, 0.15) is 5.75 Å². The SMILES string of the molecule is N#CCCNC(=O)CS(=O)c1ccc(CC(=O)O)cc1. The van der Waals surface area contributed by atoms with Crippen LogP contribution in [-0.4, -0.2) is 33.5 Å². The molecule has 0 radical (unpaired) electrons. The molecule has 0 aliphatic heterocycles. The lowest BCUT2D eigenvalue weighted by molar-refractivity contribution is -0.136. The highest BCUT2D eigenvalue weighted by Gasteiger charge is 2.10. The molecule has 1 rings (SSSR count). The third-order valence-corrected chi connectivity index (χ3v) is 3.69. The lowest BCUT2D eigenvalue weighted by atomic mass is 10.2. The van der Waals surface area contributed by atoms with Gasteiger partial charge in [-0.05, 0) is 17.7 Å². The predicted octanol–water partition coefficient (Wildman–Crippen LogP) is 0.451. The van der Waals surface area contributed by atoms with Gasteiger partial charge in [0.25, 0.3) is 0 Å². The Balaban J connectivity index is 2.53. The van der Waals surface area contributed by atoms with E-state index in [-0.39, 0.29) is 31.0 Å². The molecular formula is C13H14N2O4S. The molecule has 0 aromatic heterocycles. The highest BCUT2D eigenvalue weighted by atomic mass is 32.2. The zero-order valence-electron chi connectivity index (χ0n) is 10.7. The lowest BCUT2D eigenvalue weighted by Gasteiger charge is -2.04. The van der Waals surface area contributed by atoms with Crippen LogP contribution in [0.3, 0.4) is 0 Å². The number of carboxylic acids is 1. The molecule has 106 valence electrons. The van der Waals surface area contributed by atoms with Gasteiger partial charge in [0, 0.05) is 11.4 Å². The largest absolute Gasteiger partial charge is 0.481 e. The first-order valence-corrected chi connectivity index (χ1v) is 7.17. The number of nitriles is 1. The summed E-state index contributed by atoms with van der Waals surface area (Å²) in [5.74, 6) is -1.49. The van der Waals surface area contributed by atoms with Crippen molar-refractivity contribution in [1.82, 2.24) is 5.32 Å². The molecular weight excluding hydrogens is 280 g/mol. The first kappa shape index (κ1) is 15.9. The molecule has 20 heavy (non-hydrogen) atoms. The van der Waals surface area contributed by atoms with Crippen LogP contribution in [0.5, 0.6) is 0 Å². The molecule has 6 nitrogen and oxygen atoms in total. The summed E-state index contributed by atoms with van der Waals surface area (Å²) in [5, 5.41) is 19.4. The highest BCUT2D eigenvalue weighted by molar-refractivity contribution is 7.85. The Labute approximate surface area is 118 Å². The van der Waals surface area contributed by atoms with Gasteiger partial charge in [0.05, 0.1) is 29.7 Å². The number of nitrogens with zero attached hydrogens (tertiary/aromatic N) is 1. The predicted molar refractivity (Wildman–Crippen MR) is 72.3 cm³/mol. The Hall–Kier alpha value is -2.20. The van der Waals surface area contributed by atoms with E-state index in [1.54, 1.807) is 24.3 Å². The van der Waals surface area contributed by atoms with Crippen LogP contribution >= 0.6 is 0 Å². The molecule has 2 N–H and O–H groups in total. The molecule has 1 atom stereocenters. The molecule has 0 aliphatic carbocycles. The summed E-state index contributed by atoms with van der Waals surface area (Å²) in [4.78, 5) is 22.4. The molecule has 0 saturated heterocycles. The van der Waals surface area contributed by atoms with Crippen LogP contribution < -0.4 is 5.32 Å². The number of aliphatic carboxylic acids is 1. The Morgan fingerprint density at radius 3 is 2.50 bits per heavy atom. The average Bonchev–Trinajstić information content (AvgIpc) is 2.39. The Kier molecular flexibility index (Phi) is 6.40. The van der Waals surface area contributed by atoms with Gasteiger partial charge in [-0.2, -0.15) is 5.26 Å². The van der Waals surface area contributed by atoms with Gasteiger partial charge in [-0.3, -0.25) is 13.8 Å². The summed E-state index contributed by atoms with van der Waals surface area (Å²) in [6.45, 7) is 0.240. The van der Waals surface area contributed by atoms with Crippen molar-refractivity contribution in [3.63, 3.8) is 0 Å². The lowest BCUT2D eigenvalue weighted by Crippen LogP contribution is -2.29. The van der Waals surface area contributed by atoms with Gasteiger partial charge < -0.3 is 10.4 Å². The summed E-state index contributed by atoms with van der Waals surface area (Å²) in [6.07, 6.45) is 0.115. The van der Waals surface area contributed by atoms with Crippen molar-refractivity contribution < 1.29 is 18.9 Å². The number of nitrogens with one attached hydrogen (secondary N) is 1. The van der Waals surface area contributed by atoms with E-state index in [9.17, 15) is 13.8 Å². The van der Waals surface area contributed by atoms with Crippen LogP contribution in [-0.2, 0) is 26.8 Å². The van der Waals surface area contributed by atoms with E-state index >= 15 is 0 Å². The van der Waals surface area contributed by atoms with Gasteiger partial charge in [-0.25, -0.2) is 0 Å². The molecule has 7 heteroatoms. The van der Waals surface area contributed by atoms with E-state index in [1.807, 2.05) is 6.07 Å². The second kappa shape index (κ2) is 8.07. The average molecular weight is 294 g/mol. The molecule has 0 fully saturated rings. The second-order valence-corrected chi connectivity index (χ2v) is 5.41. The third kappa shape index (κ3) is 5.63. The molecule has 1 amide bonds. The maximum atomic E-state index is 11.9. The number of carbonyl (C=O) groups is 2. The Morgan fingerprint density at radius 1 is 1.30 bits per heavy atom. The van der Waals surface area contributed by atoms with E-state index in [2.05, 4.69) is 5.32 Å². The number of hydrogen-bond acceptors (Lipinski definition) is 4. The van der Waals surface area contributed by atoms with Gasteiger partial charge in [-0.15, -0.1) is 0 Å². The van der Waals surface area contributed by atoms with Crippen LogP contribution in [0.2, 0.25) is 0 Å². The Morgan fingerprint density at radius 2 is 1.95 bits per heavy atom. The minimum Gasteiger partial charge on any atom is -0.481 e. The number of amides is 1.